The standard InChI is InChI=1S/C18H22ClN/c1-3-20-18(16-8-5-9-17(19)13-16)11-10-15-7-4-6-14(2)12-15/h4-9,12-13,18,20H,3,10-11H2,1-2H3. The van der Waals surface area contributed by atoms with Gasteiger partial charge in [0.2, 0.25) is 0 Å². The molecule has 1 nitrogen and oxygen atoms in total. The summed E-state index contributed by atoms with van der Waals surface area (Å²) in [7, 11) is 0. The van der Waals surface area contributed by atoms with Crippen LogP contribution in [-0.4, -0.2) is 6.54 Å². The third-order valence-electron chi connectivity index (χ3n) is 3.51. The van der Waals surface area contributed by atoms with E-state index in [1.807, 2.05) is 12.1 Å². The van der Waals surface area contributed by atoms with Gasteiger partial charge in [0.15, 0.2) is 0 Å². The summed E-state index contributed by atoms with van der Waals surface area (Å²) in [5.74, 6) is 0. The Bertz CT molecular complexity index is 551. The molecule has 106 valence electrons. The third-order valence-corrected chi connectivity index (χ3v) is 3.74. The van der Waals surface area contributed by atoms with Gasteiger partial charge in [-0.2, -0.15) is 0 Å². The molecule has 1 unspecified atom stereocenters. The van der Waals surface area contributed by atoms with E-state index < -0.39 is 0 Å². The molecule has 0 heterocycles. The Morgan fingerprint density at radius 2 is 1.90 bits per heavy atom. The van der Waals surface area contributed by atoms with Crippen molar-refractivity contribution in [3.8, 4) is 0 Å². The highest BCUT2D eigenvalue weighted by Gasteiger charge is 2.10. The van der Waals surface area contributed by atoms with Crippen molar-refractivity contribution in [3.05, 3.63) is 70.2 Å². The summed E-state index contributed by atoms with van der Waals surface area (Å²) in [6.07, 6.45) is 2.16. The number of benzene rings is 2. The van der Waals surface area contributed by atoms with Gasteiger partial charge in [0.25, 0.3) is 0 Å². The van der Waals surface area contributed by atoms with Gasteiger partial charge in [-0.3, -0.25) is 0 Å². The molecular formula is C18H22ClN. The summed E-state index contributed by atoms with van der Waals surface area (Å²) in [5, 5.41) is 4.36. The van der Waals surface area contributed by atoms with Crippen LogP contribution in [0.3, 0.4) is 0 Å². The summed E-state index contributed by atoms with van der Waals surface area (Å²) in [5.41, 5.74) is 3.99. The van der Waals surface area contributed by atoms with Crippen LogP contribution in [0.25, 0.3) is 0 Å². The largest absolute Gasteiger partial charge is 0.310 e. The van der Waals surface area contributed by atoms with Crippen LogP contribution in [0.4, 0.5) is 0 Å². The smallest absolute Gasteiger partial charge is 0.0409 e. The van der Waals surface area contributed by atoms with Crippen molar-refractivity contribution in [1.82, 2.24) is 5.32 Å². The highest BCUT2D eigenvalue weighted by atomic mass is 35.5. The zero-order chi connectivity index (χ0) is 14.4. The monoisotopic (exact) mass is 287 g/mol. The second-order valence-electron chi connectivity index (χ2n) is 5.19. The lowest BCUT2D eigenvalue weighted by Crippen LogP contribution is -2.21. The predicted molar refractivity (Wildman–Crippen MR) is 87.4 cm³/mol. The van der Waals surface area contributed by atoms with E-state index in [-0.39, 0.29) is 0 Å². The molecule has 2 aromatic carbocycles. The van der Waals surface area contributed by atoms with Crippen LogP contribution in [0.5, 0.6) is 0 Å². The van der Waals surface area contributed by atoms with Gasteiger partial charge in [-0.25, -0.2) is 0 Å². The molecule has 1 atom stereocenters. The molecule has 0 saturated heterocycles. The van der Waals surface area contributed by atoms with Crippen molar-refractivity contribution in [2.45, 2.75) is 32.7 Å². The lowest BCUT2D eigenvalue weighted by atomic mass is 9.98. The zero-order valence-corrected chi connectivity index (χ0v) is 13.0. The van der Waals surface area contributed by atoms with Gasteiger partial charge in [0.1, 0.15) is 0 Å². The lowest BCUT2D eigenvalue weighted by Gasteiger charge is -2.19. The van der Waals surface area contributed by atoms with Crippen LogP contribution < -0.4 is 5.32 Å². The fourth-order valence-electron chi connectivity index (χ4n) is 2.53. The van der Waals surface area contributed by atoms with Crippen LogP contribution in [0.2, 0.25) is 5.02 Å². The van der Waals surface area contributed by atoms with Crippen LogP contribution in [0, 0.1) is 6.92 Å². The number of nitrogens with one attached hydrogen (secondary N) is 1. The topological polar surface area (TPSA) is 12.0 Å². The van der Waals surface area contributed by atoms with E-state index in [9.17, 15) is 0 Å². The molecule has 0 aliphatic rings. The SMILES string of the molecule is CCNC(CCc1cccc(C)c1)c1cccc(Cl)c1. The van der Waals surface area contributed by atoms with Gasteiger partial charge in [0, 0.05) is 11.1 Å². The van der Waals surface area contributed by atoms with Crippen molar-refractivity contribution in [3.63, 3.8) is 0 Å². The maximum Gasteiger partial charge on any atom is 0.0409 e. The fourth-order valence-corrected chi connectivity index (χ4v) is 2.73. The van der Waals surface area contributed by atoms with Gasteiger partial charge >= 0.3 is 0 Å². The molecule has 2 aromatic rings. The number of hydrogen-bond acceptors (Lipinski definition) is 1. The minimum Gasteiger partial charge on any atom is -0.310 e. The van der Waals surface area contributed by atoms with Crippen LogP contribution >= 0.6 is 11.6 Å². The number of aryl methyl sites for hydroxylation is 2. The number of halogens is 1. The molecule has 0 aliphatic heterocycles. The summed E-state index contributed by atoms with van der Waals surface area (Å²) in [4.78, 5) is 0. The Morgan fingerprint density at radius 3 is 2.60 bits per heavy atom. The maximum absolute atomic E-state index is 6.10. The number of rotatable bonds is 6. The average molecular weight is 288 g/mol. The van der Waals surface area contributed by atoms with E-state index in [0.717, 1.165) is 24.4 Å². The molecule has 20 heavy (non-hydrogen) atoms. The third kappa shape index (κ3) is 4.36. The van der Waals surface area contributed by atoms with Gasteiger partial charge < -0.3 is 5.32 Å². The first-order valence-electron chi connectivity index (χ1n) is 7.23. The summed E-state index contributed by atoms with van der Waals surface area (Å²) >= 11 is 6.10. The molecular weight excluding hydrogens is 266 g/mol. The van der Waals surface area contributed by atoms with E-state index in [0.29, 0.717) is 6.04 Å². The van der Waals surface area contributed by atoms with E-state index in [4.69, 9.17) is 11.6 Å². The Balaban J connectivity index is 2.06. The number of hydrogen-bond donors (Lipinski definition) is 1. The molecule has 0 fully saturated rings. The van der Waals surface area contributed by atoms with Crippen LogP contribution in [-0.2, 0) is 6.42 Å². The highest BCUT2D eigenvalue weighted by molar-refractivity contribution is 6.30. The lowest BCUT2D eigenvalue weighted by molar-refractivity contribution is 0.515. The molecule has 0 radical (unpaired) electrons. The summed E-state index contributed by atoms with van der Waals surface area (Å²) < 4.78 is 0. The minimum absolute atomic E-state index is 0.360. The first kappa shape index (κ1) is 15.1. The first-order valence-corrected chi connectivity index (χ1v) is 7.61. The van der Waals surface area contributed by atoms with Crippen molar-refractivity contribution in [2.24, 2.45) is 0 Å². The molecule has 0 bridgehead atoms. The van der Waals surface area contributed by atoms with E-state index >= 15 is 0 Å². The summed E-state index contributed by atoms with van der Waals surface area (Å²) in [6, 6.07) is 17.3. The van der Waals surface area contributed by atoms with Crippen LogP contribution in [0.15, 0.2) is 48.5 Å². The normalized spacial score (nSPS) is 12.3. The Hall–Kier alpha value is -1.31. The highest BCUT2D eigenvalue weighted by Crippen LogP contribution is 2.22. The molecule has 1 N–H and O–H groups in total. The van der Waals surface area contributed by atoms with Crippen molar-refractivity contribution < 1.29 is 0 Å². The van der Waals surface area contributed by atoms with Gasteiger partial charge in [-0.05, 0) is 49.6 Å². The summed E-state index contributed by atoms with van der Waals surface area (Å²) in [6.45, 7) is 5.25. The first-order chi connectivity index (χ1) is 9.69. The molecule has 2 rings (SSSR count). The van der Waals surface area contributed by atoms with E-state index in [1.165, 1.54) is 16.7 Å². The Kier molecular flexibility index (Phi) is 5.63. The molecule has 0 spiro atoms. The van der Waals surface area contributed by atoms with E-state index in [1.54, 1.807) is 0 Å². The zero-order valence-electron chi connectivity index (χ0n) is 12.2. The minimum atomic E-state index is 0.360. The fraction of sp³-hybridized carbons (Fsp3) is 0.333. The van der Waals surface area contributed by atoms with Gasteiger partial charge in [-0.15, -0.1) is 0 Å². The second kappa shape index (κ2) is 7.47. The predicted octanol–water partition coefficient (Wildman–Crippen LogP) is 4.93. The quantitative estimate of drug-likeness (QED) is 0.794. The molecule has 0 saturated carbocycles. The molecule has 2 heteroatoms. The second-order valence-corrected chi connectivity index (χ2v) is 5.63. The Morgan fingerprint density at radius 1 is 1.10 bits per heavy atom. The van der Waals surface area contributed by atoms with Crippen LogP contribution in [0.1, 0.15) is 36.1 Å². The maximum atomic E-state index is 6.10. The van der Waals surface area contributed by atoms with E-state index in [2.05, 4.69) is 55.6 Å². The van der Waals surface area contributed by atoms with Gasteiger partial charge in [0.05, 0.1) is 0 Å². The average Bonchev–Trinajstić information content (AvgIpc) is 2.43. The van der Waals surface area contributed by atoms with Crippen molar-refractivity contribution in [1.29, 1.82) is 0 Å². The molecule has 0 aliphatic carbocycles. The molecule has 0 amide bonds. The van der Waals surface area contributed by atoms with Crippen molar-refractivity contribution in [2.75, 3.05) is 6.54 Å². The van der Waals surface area contributed by atoms with Crippen molar-refractivity contribution >= 4 is 11.6 Å². The molecule has 0 aromatic heterocycles. The van der Waals surface area contributed by atoms with Gasteiger partial charge in [-0.1, -0.05) is 60.5 Å². The Labute approximate surface area is 127 Å².